The number of benzene rings is 1. The number of nitrogens with one attached hydrogen (secondary N) is 1. The van der Waals surface area contributed by atoms with Crippen molar-refractivity contribution >= 4 is 23.3 Å². The van der Waals surface area contributed by atoms with Crippen LogP contribution in [0.25, 0.3) is 0 Å². The second-order valence-electron chi connectivity index (χ2n) is 6.85. The largest absolute Gasteiger partial charge is 0.493 e. The van der Waals surface area contributed by atoms with Crippen LogP contribution in [-0.2, 0) is 0 Å². The van der Waals surface area contributed by atoms with Gasteiger partial charge in [0.25, 0.3) is 5.91 Å². The predicted octanol–water partition coefficient (Wildman–Crippen LogP) is 2.54. The summed E-state index contributed by atoms with van der Waals surface area (Å²) >= 11 is 0. The first-order valence-corrected chi connectivity index (χ1v) is 9.68. The first kappa shape index (κ1) is 20.4. The molecule has 1 saturated heterocycles. The van der Waals surface area contributed by atoms with E-state index < -0.39 is 0 Å². The van der Waals surface area contributed by atoms with Gasteiger partial charge < -0.3 is 24.8 Å². The summed E-state index contributed by atoms with van der Waals surface area (Å²) in [4.78, 5) is 34.7. The van der Waals surface area contributed by atoms with Crippen molar-refractivity contribution in [3.8, 4) is 5.75 Å². The van der Waals surface area contributed by atoms with E-state index >= 15 is 0 Å². The van der Waals surface area contributed by atoms with E-state index in [1.807, 2.05) is 13.0 Å². The number of methoxy groups -OCH3 is 1. The van der Waals surface area contributed by atoms with Gasteiger partial charge in [0.2, 0.25) is 0 Å². The van der Waals surface area contributed by atoms with Crippen LogP contribution in [0.15, 0.2) is 42.7 Å². The minimum absolute atomic E-state index is 0.0662. The summed E-state index contributed by atoms with van der Waals surface area (Å²) in [6.07, 6.45) is 3.43. The molecule has 1 fully saturated rings. The third kappa shape index (κ3) is 4.77. The van der Waals surface area contributed by atoms with Crippen molar-refractivity contribution in [1.29, 1.82) is 0 Å². The molecular weight excluding hydrogens is 370 g/mol. The molecular formula is C21H27N5O3. The Morgan fingerprint density at radius 3 is 2.66 bits per heavy atom. The van der Waals surface area contributed by atoms with Gasteiger partial charge in [0.1, 0.15) is 0 Å². The quantitative estimate of drug-likeness (QED) is 0.839. The molecule has 8 nitrogen and oxygen atoms in total. The SMILES string of the molecule is CCN(C)C(=O)c1cccc(NC(=O)N2CCN(c3ccncc3OC)CC2)c1. The number of anilines is 2. The molecule has 0 unspecified atom stereocenters. The maximum Gasteiger partial charge on any atom is 0.321 e. The normalized spacial score (nSPS) is 13.8. The van der Waals surface area contributed by atoms with Gasteiger partial charge >= 0.3 is 6.03 Å². The topological polar surface area (TPSA) is 78.0 Å². The number of nitrogens with zero attached hydrogens (tertiary/aromatic N) is 4. The van der Waals surface area contributed by atoms with E-state index in [0.717, 1.165) is 11.4 Å². The lowest BCUT2D eigenvalue weighted by molar-refractivity contribution is 0.0802. The van der Waals surface area contributed by atoms with Crippen molar-refractivity contribution in [3.63, 3.8) is 0 Å². The minimum Gasteiger partial charge on any atom is -0.493 e. The summed E-state index contributed by atoms with van der Waals surface area (Å²) < 4.78 is 5.38. The van der Waals surface area contributed by atoms with Gasteiger partial charge in [-0.3, -0.25) is 9.78 Å². The molecule has 0 saturated carbocycles. The second-order valence-corrected chi connectivity index (χ2v) is 6.85. The standard InChI is InChI=1S/C21H27N5O3/c1-4-24(2)20(27)16-6-5-7-17(14-16)23-21(28)26-12-10-25(11-13-26)18-8-9-22-15-19(18)29-3/h5-9,14-15H,4,10-13H2,1-3H3,(H,23,28). The summed E-state index contributed by atoms with van der Waals surface area (Å²) in [6.45, 7) is 5.14. The number of piperazine rings is 1. The van der Waals surface area contributed by atoms with Crippen molar-refractivity contribution in [1.82, 2.24) is 14.8 Å². The molecule has 0 radical (unpaired) electrons. The Bertz CT molecular complexity index is 865. The van der Waals surface area contributed by atoms with Gasteiger partial charge in [-0.15, -0.1) is 0 Å². The highest BCUT2D eigenvalue weighted by Crippen LogP contribution is 2.27. The Balaban J connectivity index is 1.60. The number of pyridine rings is 1. The van der Waals surface area contributed by atoms with Crippen LogP contribution in [-0.4, -0.2) is 73.6 Å². The van der Waals surface area contributed by atoms with E-state index in [4.69, 9.17) is 4.74 Å². The summed E-state index contributed by atoms with van der Waals surface area (Å²) in [5.41, 5.74) is 2.15. The van der Waals surface area contributed by atoms with Crippen LogP contribution in [0.5, 0.6) is 5.75 Å². The zero-order valence-electron chi connectivity index (χ0n) is 17.1. The number of aromatic nitrogens is 1. The van der Waals surface area contributed by atoms with Crippen LogP contribution in [0.1, 0.15) is 17.3 Å². The molecule has 0 spiro atoms. The number of carbonyl (C=O) groups is 2. The van der Waals surface area contributed by atoms with Gasteiger partial charge in [0.15, 0.2) is 5.75 Å². The zero-order chi connectivity index (χ0) is 20.8. The summed E-state index contributed by atoms with van der Waals surface area (Å²) in [5, 5.41) is 2.90. The van der Waals surface area contributed by atoms with Crippen molar-refractivity contribution in [2.24, 2.45) is 0 Å². The molecule has 0 atom stereocenters. The van der Waals surface area contributed by atoms with E-state index in [-0.39, 0.29) is 11.9 Å². The van der Waals surface area contributed by atoms with Crippen LogP contribution in [0.3, 0.4) is 0 Å². The molecule has 1 aromatic heterocycles. The molecule has 1 N–H and O–H groups in total. The number of urea groups is 1. The summed E-state index contributed by atoms with van der Waals surface area (Å²) in [7, 11) is 3.38. The Kier molecular flexibility index (Phi) is 6.54. The molecule has 1 aromatic carbocycles. The number of rotatable bonds is 5. The van der Waals surface area contributed by atoms with Gasteiger partial charge in [-0.05, 0) is 31.2 Å². The van der Waals surface area contributed by atoms with Crippen molar-refractivity contribution < 1.29 is 14.3 Å². The molecule has 3 amide bonds. The number of ether oxygens (including phenoxy) is 1. The molecule has 1 aliphatic heterocycles. The van der Waals surface area contributed by atoms with E-state index in [1.165, 1.54) is 0 Å². The smallest absolute Gasteiger partial charge is 0.321 e. The third-order valence-corrected chi connectivity index (χ3v) is 5.07. The van der Waals surface area contributed by atoms with Crippen LogP contribution in [0, 0.1) is 0 Å². The van der Waals surface area contributed by atoms with Crippen LogP contribution >= 0.6 is 0 Å². The lowest BCUT2D eigenvalue weighted by atomic mass is 10.2. The van der Waals surface area contributed by atoms with E-state index in [2.05, 4.69) is 15.2 Å². The first-order valence-electron chi connectivity index (χ1n) is 9.68. The van der Waals surface area contributed by atoms with Gasteiger partial charge in [0.05, 0.1) is 19.0 Å². The van der Waals surface area contributed by atoms with Crippen molar-refractivity contribution in [2.45, 2.75) is 6.92 Å². The lowest BCUT2D eigenvalue weighted by Gasteiger charge is -2.36. The van der Waals surface area contributed by atoms with Crippen LogP contribution in [0.2, 0.25) is 0 Å². The molecule has 0 bridgehead atoms. The number of hydrogen-bond acceptors (Lipinski definition) is 5. The fraction of sp³-hybridized carbons (Fsp3) is 0.381. The molecule has 3 rings (SSSR count). The fourth-order valence-corrected chi connectivity index (χ4v) is 3.24. The molecule has 8 heteroatoms. The van der Waals surface area contributed by atoms with Gasteiger partial charge in [-0.1, -0.05) is 6.07 Å². The molecule has 154 valence electrons. The van der Waals surface area contributed by atoms with Gasteiger partial charge in [-0.25, -0.2) is 4.79 Å². The van der Waals surface area contributed by atoms with Crippen LogP contribution in [0.4, 0.5) is 16.2 Å². The van der Waals surface area contributed by atoms with Gasteiger partial charge in [0, 0.05) is 57.2 Å². The maximum atomic E-state index is 12.7. The molecule has 1 aliphatic rings. The van der Waals surface area contributed by atoms with Crippen molar-refractivity contribution in [2.75, 3.05) is 57.1 Å². The number of hydrogen-bond donors (Lipinski definition) is 1. The van der Waals surface area contributed by atoms with Crippen LogP contribution < -0.4 is 15.0 Å². The summed E-state index contributed by atoms with van der Waals surface area (Å²) in [5.74, 6) is 0.660. The maximum absolute atomic E-state index is 12.7. The number of amides is 3. The predicted molar refractivity (Wildman–Crippen MR) is 113 cm³/mol. The Hall–Kier alpha value is -3.29. The highest BCUT2D eigenvalue weighted by molar-refractivity contribution is 5.96. The molecule has 2 heterocycles. The average molecular weight is 397 g/mol. The first-order chi connectivity index (χ1) is 14.0. The summed E-state index contributed by atoms with van der Waals surface area (Å²) in [6, 6.07) is 8.79. The van der Waals surface area contributed by atoms with E-state index in [1.54, 1.807) is 60.6 Å². The Labute approximate surface area is 171 Å². The highest BCUT2D eigenvalue weighted by Gasteiger charge is 2.23. The number of carbonyl (C=O) groups excluding carboxylic acids is 2. The monoisotopic (exact) mass is 397 g/mol. The zero-order valence-corrected chi connectivity index (χ0v) is 17.1. The molecule has 29 heavy (non-hydrogen) atoms. The fourth-order valence-electron chi connectivity index (χ4n) is 3.24. The highest BCUT2D eigenvalue weighted by atomic mass is 16.5. The second kappa shape index (κ2) is 9.27. The lowest BCUT2D eigenvalue weighted by Crippen LogP contribution is -2.50. The Morgan fingerprint density at radius 2 is 1.97 bits per heavy atom. The van der Waals surface area contributed by atoms with Crippen molar-refractivity contribution in [3.05, 3.63) is 48.3 Å². The van der Waals surface area contributed by atoms with E-state index in [9.17, 15) is 9.59 Å². The van der Waals surface area contributed by atoms with Gasteiger partial charge in [-0.2, -0.15) is 0 Å². The van der Waals surface area contributed by atoms with E-state index in [0.29, 0.717) is 44.0 Å². The molecule has 0 aliphatic carbocycles. The third-order valence-electron chi connectivity index (χ3n) is 5.07. The minimum atomic E-state index is -0.167. The average Bonchev–Trinajstić information content (AvgIpc) is 2.78. The molecule has 2 aromatic rings. The Morgan fingerprint density at radius 1 is 1.21 bits per heavy atom.